The number of allylic oxidation sites excluding steroid dienone is 2. The summed E-state index contributed by atoms with van der Waals surface area (Å²) in [5.41, 5.74) is 7.01. The molecule has 1 saturated heterocycles. The zero-order valence-electron chi connectivity index (χ0n) is 13.6. The van der Waals surface area contributed by atoms with Crippen molar-refractivity contribution >= 4 is 35.8 Å². The van der Waals surface area contributed by atoms with Crippen LogP contribution < -0.4 is 26.2 Å². The normalized spacial score (nSPS) is 17.5. The van der Waals surface area contributed by atoms with E-state index in [1.165, 1.54) is 13.4 Å². The van der Waals surface area contributed by atoms with E-state index in [4.69, 9.17) is 27.4 Å². The lowest BCUT2D eigenvalue weighted by Gasteiger charge is -2.07. The molecule has 1 aliphatic rings. The Labute approximate surface area is 145 Å². The minimum atomic E-state index is -0.0211. The second kappa shape index (κ2) is 7.74. The van der Waals surface area contributed by atoms with Gasteiger partial charge in [0.25, 0.3) is 0 Å². The molecule has 1 amide bonds. The molecule has 0 saturated carbocycles. The van der Waals surface area contributed by atoms with Gasteiger partial charge in [0.15, 0.2) is 0 Å². The van der Waals surface area contributed by atoms with Crippen molar-refractivity contribution in [1.82, 2.24) is 10.3 Å². The summed E-state index contributed by atoms with van der Waals surface area (Å²) < 4.78 is 11.0. The summed E-state index contributed by atoms with van der Waals surface area (Å²) in [5.74, 6) is 0.834. The first-order chi connectivity index (χ1) is 11.4. The number of hydrogen-bond donors (Lipinski definition) is 2. The number of carbonyl (C=O) groups excluding carboxylic acids is 1. The fraction of sp³-hybridized carbons (Fsp3) is 0.235. The minimum Gasteiger partial charge on any atom is -0.496 e. The molecule has 2 heterocycles. The molecule has 0 bridgehead atoms. The number of pyridine rings is 1. The molecule has 1 aromatic rings. The van der Waals surface area contributed by atoms with Gasteiger partial charge in [0.05, 0.1) is 12.8 Å². The van der Waals surface area contributed by atoms with E-state index in [9.17, 15) is 4.79 Å². The van der Waals surface area contributed by atoms with E-state index in [0.717, 1.165) is 0 Å². The fourth-order valence-corrected chi connectivity index (χ4v) is 2.18. The first-order valence-electron chi connectivity index (χ1n) is 7.28. The quantitative estimate of drug-likeness (QED) is 0.462. The van der Waals surface area contributed by atoms with E-state index >= 15 is 0 Å². The van der Waals surface area contributed by atoms with Gasteiger partial charge in [0.2, 0.25) is 11.8 Å². The number of ether oxygens (including phenoxy) is 2. The molecule has 24 heavy (non-hydrogen) atoms. The van der Waals surface area contributed by atoms with Crippen LogP contribution in [-0.2, 0) is 9.53 Å². The molecular weight excluding hydrogens is 326 g/mol. The molecule has 2 rings (SSSR count). The van der Waals surface area contributed by atoms with E-state index in [-0.39, 0.29) is 10.9 Å². The van der Waals surface area contributed by atoms with Gasteiger partial charge in [-0.1, -0.05) is 18.8 Å². The average Bonchev–Trinajstić information content (AvgIpc) is 2.97. The van der Waals surface area contributed by atoms with Gasteiger partial charge < -0.3 is 20.5 Å². The van der Waals surface area contributed by atoms with Crippen molar-refractivity contribution in [2.45, 2.75) is 19.8 Å². The molecule has 0 aliphatic carbocycles. The van der Waals surface area contributed by atoms with Gasteiger partial charge in [-0.15, -0.1) is 0 Å². The maximum Gasteiger partial charge on any atom is 0.226 e. The van der Waals surface area contributed by atoms with Crippen LogP contribution in [0.15, 0.2) is 35.6 Å². The molecule has 0 unspecified atom stereocenters. The lowest BCUT2D eigenvalue weighted by molar-refractivity contribution is -0.118. The van der Waals surface area contributed by atoms with E-state index in [2.05, 4.69) is 16.9 Å². The lowest BCUT2D eigenvalue weighted by Crippen LogP contribution is -2.26. The molecular formula is C17H19N3O3S. The topological polar surface area (TPSA) is 86.5 Å². The highest BCUT2D eigenvalue weighted by molar-refractivity contribution is 7.80. The smallest absolute Gasteiger partial charge is 0.226 e. The van der Waals surface area contributed by atoms with Crippen LogP contribution in [0, 0.1) is 0 Å². The predicted octanol–water partition coefficient (Wildman–Crippen LogP) is 0.609. The van der Waals surface area contributed by atoms with Crippen LogP contribution in [0.1, 0.15) is 19.8 Å². The van der Waals surface area contributed by atoms with E-state index in [1.54, 1.807) is 25.3 Å². The Morgan fingerprint density at radius 1 is 1.50 bits per heavy atom. The fourth-order valence-electron chi connectivity index (χ4n) is 2.08. The summed E-state index contributed by atoms with van der Waals surface area (Å²) in [4.78, 5) is 15.7. The summed E-state index contributed by atoms with van der Waals surface area (Å²) in [6.07, 6.45) is 5.88. The Morgan fingerprint density at radius 3 is 2.83 bits per heavy atom. The average molecular weight is 345 g/mol. The van der Waals surface area contributed by atoms with Crippen molar-refractivity contribution in [2.75, 3.05) is 7.11 Å². The summed E-state index contributed by atoms with van der Waals surface area (Å²) in [5, 5.41) is 4.07. The Bertz CT molecular complexity index is 843. The molecule has 1 fully saturated rings. The number of rotatable bonds is 5. The third-order valence-electron chi connectivity index (χ3n) is 3.51. The maximum atomic E-state index is 11.2. The summed E-state index contributed by atoms with van der Waals surface area (Å²) in [6.45, 7) is 5.75. The van der Waals surface area contributed by atoms with Crippen molar-refractivity contribution < 1.29 is 14.3 Å². The predicted molar refractivity (Wildman–Crippen MR) is 96.1 cm³/mol. The Morgan fingerprint density at radius 2 is 2.25 bits per heavy atom. The van der Waals surface area contributed by atoms with Crippen molar-refractivity contribution in [3.63, 3.8) is 0 Å². The highest BCUT2D eigenvalue weighted by Gasteiger charge is 2.14. The monoisotopic (exact) mass is 345 g/mol. The van der Waals surface area contributed by atoms with E-state index in [1.807, 2.05) is 0 Å². The largest absolute Gasteiger partial charge is 0.496 e. The second-order valence-corrected chi connectivity index (χ2v) is 5.64. The van der Waals surface area contributed by atoms with Crippen LogP contribution in [0.5, 0.6) is 5.88 Å². The molecule has 0 spiro atoms. The number of carbonyl (C=O) groups is 1. The summed E-state index contributed by atoms with van der Waals surface area (Å²) in [6, 6.07) is 1.76. The SMILES string of the molecule is C=c1ccnc(O/C=C2/CCC(=O)N2)/c1=C/C(OC)=C(\C)C(N)=S. The van der Waals surface area contributed by atoms with Crippen LogP contribution in [0.4, 0.5) is 0 Å². The van der Waals surface area contributed by atoms with Crippen LogP contribution in [0.25, 0.3) is 12.7 Å². The molecule has 0 aromatic carbocycles. The molecule has 0 atom stereocenters. The highest BCUT2D eigenvalue weighted by Crippen LogP contribution is 2.11. The summed E-state index contributed by atoms with van der Waals surface area (Å²) in [7, 11) is 1.53. The van der Waals surface area contributed by atoms with Crippen LogP contribution in [-0.4, -0.2) is 23.0 Å². The van der Waals surface area contributed by atoms with Gasteiger partial charge in [-0.05, 0) is 30.7 Å². The minimum absolute atomic E-state index is 0.0211. The van der Waals surface area contributed by atoms with Gasteiger partial charge in [0, 0.05) is 23.4 Å². The zero-order valence-corrected chi connectivity index (χ0v) is 14.4. The number of nitrogens with two attached hydrogens (primary N) is 1. The summed E-state index contributed by atoms with van der Waals surface area (Å²) >= 11 is 4.99. The zero-order chi connectivity index (χ0) is 17.7. The Balaban J connectivity index is 2.45. The van der Waals surface area contributed by atoms with Crippen LogP contribution in [0.3, 0.4) is 0 Å². The maximum absolute atomic E-state index is 11.2. The Hall–Kier alpha value is -2.67. The number of thiocarbonyl (C=S) groups is 1. The first-order valence-corrected chi connectivity index (χ1v) is 7.69. The van der Waals surface area contributed by atoms with Crippen molar-refractivity contribution in [3.8, 4) is 5.88 Å². The first kappa shape index (κ1) is 17.7. The number of methoxy groups -OCH3 is 1. The van der Waals surface area contributed by atoms with E-state index in [0.29, 0.717) is 46.2 Å². The van der Waals surface area contributed by atoms with Crippen molar-refractivity contribution in [1.29, 1.82) is 0 Å². The number of nitrogens with zero attached hydrogens (tertiary/aromatic N) is 1. The molecule has 0 radical (unpaired) electrons. The molecule has 126 valence electrons. The third-order valence-corrected chi connectivity index (χ3v) is 3.82. The third kappa shape index (κ3) is 4.20. The highest BCUT2D eigenvalue weighted by atomic mass is 32.1. The van der Waals surface area contributed by atoms with Gasteiger partial charge in [-0.3, -0.25) is 4.79 Å². The number of hydrogen-bond acceptors (Lipinski definition) is 5. The Kier molecular flexibility index (Phi) is 5.70. The second-order valence-electron chi connectivity index (χ2n) is 5.20. The molecule has 1 aliphatic heterocycles. The molecule has 6 nitrogen and oxygen atoms in total. The number of amides is 1. The van der Waals surface area contributed by atoms with Gasteiger partial charge in [-0.2, -0.15) is 0 Å². The number of nitrogens with one attached hydrogen (secondary N) is 1. The van der Waals surface area contributed by atoms with E-state index < -0.39 is 0 Å². The molecule has 3 N–H and O–H groups in total. The molecule has 7 heteroatoms. The van der Waals surface area contributed by atoms with Crippen LogP contribution in [0.2, 0.25) is 0 Å². The van der Waals surface area contributed by atoms with Gasteiger partial charge >= 0.3 is 0 Å². The van der Waals surface area contributed by atoms with Gasteiger partial charge in [-0.25, -0.2) is 4.98 Å². The molecule has 1 aromatic heterocycles. The van der Waals surface area contributed by atoms with Crippen molar-refractivity contribution in [2.24, 2.45) is 5.73 Å². The number of aromatic nitrogens is 1. The van der Waals surface area contributed by atoms with Crippen LogP contribution >= 0.6 is 12.2 Å². The lowest BCUT2D eigenvalue weighted by atomic mass is 10.2. The standard InChI is InChI=1S/C17H19N3O3S/c1-10-6-7-19-17(23-9-12-4-5-15(21)20-12)13(10)8-14(22-3)11(2)16(18)24/h6-9H,1,4-5H2,2-3H3,(H2,18,24)(H,20,21)/b12-9-,13-8+,14-11-. The van der Waals surface area contributed by atoms with Gasteiger partial charge in [0.1, 0.15) is 17.0 Å². The van der Waals surface area contributed by atoms with Crippen molar-refractivity contribution in [3.05, 3.63) is 46.0 Å².